The van der Waals surface area contributed by atoms with Crippen LogP contribution in [0.25, 0.3) is 0 Å². The Morgan fingerprint density at radius 1 is 1.14 bits per heavy atom. The smallest absolute Gasteiger partial charge is 0.0334 e. The number of piperazine rings is 1. The molecule has 0 bridgehead atoms. The van der Waals surface area contributed by atoms with Crippen LogP contribution in [0.4, 0.5) is 0 Å². The molecule has 0 amide bonds. The van der Waals surface area contributed by atoms with Crippen LogP contribution in [0.15, 0.2) is 0 Å². The van der Waals surface area contributed by atoms with Gasteiger partial charge in [-0.05, 0) is 50.4 Å². The number of nitrogens with one attached hydrogen (secondary N) is 1. The summed E-state index contributed by atoms with van der Waals surface area (Å²) in [6.45, 7) is 11.2. The van der Waals surface area contributed by atoms with E-state index in [9.17, 15) is 0 Å². The van der Waals surface area contributed by atoms with Gasteiger partial charge in [0.1, 0.15) is 0 Å². The first-order valence-electron chi connectivity index (χ1n) is 9.62. The predicted octanol–water partition coefficient (Wildman–Crippen LogP) is 4.06. The van der Waals surface area contributed by atoms with Crippen LogP contribution >= 0.6 is 0 Å². The normalized spacial score (nSPS) is 37.6. The molecule has 122 valence electrons. The van der Waals surface area contributed by atoms with E-state index in [0.29, 0.717) is 5.54 Å². The fourth-order valence-corrected chi connectivity index (χ4v) is 4.71. The second-order valence-electron chi connectivity index (χ2n) is 8.44. The molecule has 3 fully saturated rings. The Morgan fingerprint density at radius 2 is 1.86 bits per heavy atom. The molecular formula is C19H36N2. The van der Waals surface area contributed by atoms with E-state index >= 15 is 0 Å². The molecule has 3 atom stereocenters. The zero-order valence-corrected chi connectivity index (χ0v) is 14.5. The van der Waals surface area contributed by atoms with Gasteiger partial charge in [0.05, 0.1) is 0 Å². The van der Waals surface area contributed by atoms with Gasteiger partial charge in [0, 0.05) is 31.2 Å². The van der Waals surface area contributed by atoms with E-state index in [2.05, 4.69) is 31.0 Å². The largest absolute Gasteiger partial charge is 0.311 e. The molecule has 1 saturated heterocycles. The summed E-state index contributed by atoms with van der Waals surface area (Å²) in [5.74, 6) is 2.75. The third kappa shape index (κ3) is 3.47. The van der Waals surface area contributed by atoms with E-state index in [0.717, 1.165) is 23.8 Å². The highest BCUT2D eigenvalue weighted by molar-refractivity contribution is 5.06. The third-order valence-corrected chi connectivity index (χ3v) is 6.77. The molecule has 1 aliphatic heterocycles. The molecule has 3 unspecified atom stereocenters. The number of hydrogen-bond acceptors (Lipinski definition) is 2. The number of rotatable bonds is 5. The molecule has 0 aromatic heterocycles. The van der Waals surface area contributed by atoms with Gasteiger partial charge in [-0.1, -0.05) is 39.5 Å². The first kappa shape index (κ1) is 15.8. The minimum absolute atomic E-state index is 0.439. The fourth-order valence-electron chi connectivity index (χ4n) is 4.71. The number of nitrogens with zero attached hydrogens (tertiary/aromatic N) is 1. The van der Waals surface area contributed by atoms with E-state index in [4.69, 9.17) is 0 Å². The first-order valence-corrected chi connectivity index (χ1v) is 9.62. The average Bonchev–Trinajstić information content (AvgIpc) is 3.35. The molecule has 1 N–H and O–H groups in total. The van der Waals surface area contributed by atoms with Crippen molar-refractivity contribution in [3.05, 3.63) is 0 Å². The summed E-state index contributed by atoms with van der Waals surface area (Å²) in [7, 11) is 0. The first-order chi connectivity index (χ1) is 10.1. The molecule has 0 aromatic rings. The van der Waals surface area contributed by atoms with Gasteiger partial charge >= 0.3 is 0 Å². The summed E-state index contributed by atoms with van der Waals surface area (Å²) in [6, 6.07) is 0.765. The summed E-state index contributed by atoms with van der Waals surface area (Å²) in [5.41, 5.74) is 0.439. The lowest BCUT2D eigenvalue weighted by Crippen LogP contribution is -2.66. The molecule has 2 aliphatic carbocycles. The van der Waals surface area contributed by atoms with Crippen molar-refractivity contribution in [3.63, 3.8) is 0 Å². The lowest BCUT2D eigenvalue weighted by molar-refractivity contribution is 0.00739. The molecule has 0 spiro atoms. The Morgan fingerprint density at radius 3 is 2.48 bits per heavy atom. The van der Waals surface area contributed by atoms with Crippen molar-refractivity contribution in [3.8, 4) is 0 Å². The Balaban J connectivity index is 1.66. The standard InChI is InChI=1S/C19H36N2/c1-4-15(2)12-21-13-18(16-8-6-5-7-9-16)20-14-19(21,3)17-10-11-17/h15-18,20H,4-14H2,1-3H3. The number of hydrogen-bond donors (Lipinski definition) is 1. The van der Waals surface area contributed by atoms with Gasteiger partial charge in [-0.25, -0.2) is 0 Å². The van der Waals surface area contributed by atoms with E-state index in [1.807, 2.05) is 0 Å². The Labute approximate surface area is 132 Å². The van der Waals surface area contributed by atoms with E-state index in [1.165, 1.54) is 71.0 Å². The molecule has 2 heteroatoms. The Kier molecular flexibility index (Phi) is 4.95. The van der Waals surface area contributed by atoms with E-state index in [-0.39, 0.29) is 0 Å². The fraction of sp³-hybridized carbons (Fsp3) is 1.00. The maximum absolute atomic E-state index is 3.98. The van der Waals surface area contributed by atoms with Gasteiger partial charge in [0.15, 0.2) is 0 Å². The van der Waals surface area contributed by atoms with Crippen LogP contribution in [-0.2, 0) is 0 Å². The summed E-state index contributed by atoms with van der Waals surface area (Å²) < 4.78 is 0. The minimum Gasteiger partial charge on any atom is -0.311 e. The molecule has 0 aromatic carbocycles. The van der Waals surface area contributed by atoms with Crippen LogP contribution in [0.2, 0.25) is 0 Å². The molecule has 2 saturated carbocycles. The molecular weight excluding hydrogens is 256 g/mol. The maximum atomic E-state index is 3.98. The predicted molar refractivity (Wildman–Crippen MR) is 90.5 cm³/mol. The molecule has 2 nitrogen and oxygen atoms in total. The monoisotopic (exact) mass is 292 g/mol. The highest BCUT2D eigenvalue weighted by Gasteiger charge is 2.49. The maximum Gasteiger partial charge on any atom is 0.0334 e. The van der Waals surface area contributed by atoms with Gasteiger partial charge < -0.3 is 5.32 Å². The van der Waals surface area contributed by atoms with Gasteiger partial charge in [-0.2, -0.15) is 0 Å². The van der Waals surface area contributed by atoms with Gasteiger partial charge in [-0.3, -0.25) is 4.90 Å². The van der Waals surface area contributed by atoms with Crippen molar-refractivity contribution in [1.29, 1.82) is 0 Å². The van der Waals surface area contributed by atoms with Gasteiger partial charge in [-0.15, -0.1) is 0 Å². The average molecular weight is 293 g/mol. The lowest BCUT2D eigenvalue weighted by atomic mass is 9.80. The molecule has 21 heavy (non-hydrogen) atoms. The summed E-state index contributed by atoms with van der Waals surface area (Å²) in [5, 5.41) is 3.98. The highest BCUT2D eigenvalue weighted by Crippen LogP contribution is 2.45. The van der Waals surface area contributed by atoms with Crippen LogP contribution in [-0.4, -0.2) is 36.1 Å². The van der Waals surface area contributed by atoms with Crippen molar-refractivity contribution in [2.24, 2.45) is 17.8 Å². The lowest BCUT2D eigenvalue weighted by Gasteiger charge is -2.51. The summed E-state index contributed by atoms with van der Waals surface area (Å²) in [4.78, 5) is 2.90. The second-order valence-corrected chi connectivity index (χ2v) is 8.44. The second kappa shape index (κ2) is 6.58. The van der Waals surface area contributed by atoms with Crippen LogP contribution < -0.4 is 5.32 Å². The Bertz CT molecular complexity index is 332. The van der Waals surface area contributed by atoms with Crippen molar-refractivity contribution in [2.45, 2.75) is 83.7 Å². The van der Waals surface area contributed by atoms with Gasteiger partial charge in [0.2, 0.25) is 0 Å². The summed E-state index contributed by atoms with van der Waals surface area (Å²) in [6.07, 6.45) is 11.6. The SMILES string of the molecule is CCC(C)CN1CC(C2CCCCC2)NCC1(C)C1CC1. The topological polar surface area (TPSA) is 15.3 Å². The molecule has 3 rings (SSSR count). The van der Waals surface area contributed by atoms with Crippen molar-refractivity contribution in [2.75, 3.05) is 19.6 Å². The van der Waals surface area contributed by atoms with Crippen LogP contribution in [0, 0.1) is 17.8 Å². The van der Waals surface area contributed by atoms with Crippen LogP contribution in [0.5, 0.6) is 0 Å². The quantitative estimate of drug-likeness (QED) is 0.822. The van der Waals surface area contributed by atoms with Crippen molar-refractivity contribution >= 4 is 0 Å². The Hall–Kier alpha value is -0.0800. The summed E-state index contributed by atoms with van der Waals surface area (Å²) >= 11 is 0. The minimum atomic E-state index is 0.439. The van der Waals surface area contributed by atoms with E-state index in [1.54, 1.807) is 0 Å². The third-order valence-electron chi connectivity index (χ3n) is 6.77. The van der Waals surface area contributed by atoms with Crippen LogP contribution in [0.3, 0.4) is 0 Å². The van der Waals surface area contributed by atoms with E-state index < -0.39 is 0 Å². The van der Waals surface area contributed by atoms with Crippen molar-refractivity contribution in [1.82, 2.24) is 10.2 Å². The molecule has 1 heterocycles. The zero-order valence-electron chi connectivity index (χ0n) is 14.5. The van der Waals surface area contributed by atoms with Crippen molar-refractivity contribution < 1.29 is 0 Å². The zero-order chi connectivity index (χ0) is 14.9. The molecule has 3 aliphatic rings. The highest BCUT2D eigenvalue weighted by atomic mass is 15.3. The van der Waals surface area contributed by atoms with Crippen LogP contribution in [0.1, 0.15) is 72.1 Å². The molecule has 0 radical (unpaired) electrons. The van der Waals surface area contributed by atoms with Gasteiger partial charge in [0.25, 0.3) is 0 Å².